The largest absolute Gasteiger partial charge is 0.314 e. The van der Waals surface area contributed by atoms with Crippen LogP contribution in [0.25, 0.3) is 0 Å². The third-order valence-electron chi connectivity index (χ3n) is 4.73. The molecule has 0 heterocycles. The smallest absolute Gasteiger partial charge is 0.00671 e. The van der Waals surface area contributed by atoms with Gasteiger partial charge in [-0.15, -0.1) is 0 Å². The first-order chi connectivity index (χ1) is 9.36. The zero-order chi connectivity index (χ0) is 13.8. The molecule has 0 spiro atoms. The Morgan fingerprint density at radius 3 is 1.95 bits per heavy atom. The van der Waals surface area contributed by atoms with Crippen LogP contribution < -0.4 is 5.32 Å². The minimum atomic E-state index is 0.806. The van der Waals surface area contributed by atoms with E-state index in [4.69, 9.17) is 0 Å². The molecular formula is C18H37N. The van der Waals surface area contributed by atoms with E-state index in [0.29, 0.717) is 0 Å². The van der Waals surface area contributed by atoms with Gasteiger partial charge in [0.05, 0.1) is 0 Å². The molecule has 0 amide bonds. The fourth-order valence-corrected chi connectivity index (χ4v) is 3.35. The highest BCUT2D eigenvalue weighted by molar-refractivity contribution is 4.73. The van der Waals surface area contributed by atoms with E-state index in [1.165, 1.54) is 90.0 Å². The summed E-state index contributed by atoms with van der Waals surface area (Å²) in [5, 5.41) is 3.91. The van der Waals surface area contributed by atoms with Crippen molar-refractivity contribution < 1.29 is 0 Å². The molecule has 1 nitrogen and oxygen atoms in total. The first-order valence-electron chi connectivity index (χ1n) is 9.10. The molecule has 0 aromatic rings. The molecule has 0 radical (unpaired) electrons. The first-order valence-corrected chi connectivity index (χ1v) is 9.10. The highest BCUT2D eigenvalue weighted by Gasteiger charge is 2.15. The van der Waals surface area contributed by atoms with Crippen molar-refractivity contribution in [2.24, 2.45) is 5.92 Å². The van der Waals surface area contributed by atoms with Crippen LogP contribution in [0.15, 0.2) is 0 Å². The van der Waals surface area contributed by atoms with Crippen molar-refractivity contribution in [3.63, 3.8) is 0 Å². The maximum atomic E-state index is 3.91. The molecule has 114 valence electrons. The fourth-order valence-electron chi connectivity index (χ4n) is 3.35. The second-order valence-electron chi connectivity index (χ2n) is 6.60. The van der Waals surface area contributed by atoms with Gasteiger partial charge in [0.1, 0.15) is 0 Å². The lowest BCUT2D eigenvalue weighted by atomic mass is 9.89. The van der Waals surface area contributed by atoms with Crippen LogP contribution in [0.5, 0.6) is 0 Å². The van der Waals surface area contributed by atoms with E-state index in [0.717, 1.165) is 12.0 Å². The highest BCUT2D eigenvalue weighted by atomic mass is 14.9. The van der Waals surface area contributed by atoms with Crippen molar-refractivity contribution in [3.8, 4) is 0 Å². The van der Waals surface area contributed by atoms with Gasteiger partial charge in [0.25, 0.3) is 0 Å². The quantitative estimate of drug-likeness (QED) is 0.474. The molecule has 1 N–H and O–H groups in total. The Labute approximate surface area is 121 Å². The fraction of sp³-hybridized carbons (Fsp3) is 1.00. The third kappa shape index (κ3) is 8.68. The summed E-state index contributed by atoms with van der Waals surface area (Å²) >= 11 is 0. The van der Waals surface area contributed by atoms with E-state index in [9.17, 15) is 0 Å². The van der Waals surface area contributed by atoms with Gasteiger partial charge in [-0.3, -0.25) is 0 Å². The van der Waals surface area contributed by atoms with Crippen LogP contribution in [0.1, 0.15) is 97.3 Å². The summed E-state index contributed by atoms with van der Waals surface area (Å²) in [6.45, 7) is 5.91. The zero-order valence-electron chi connectivity index (χ0n) is 13.6. The number of hydrogen-bond acceptors (Lipinski definition) is 1. The van der Waals surface area contributed by atoms with E-state index >= 15 is 0 Å². The van der Waals surface area contributed by atoms with E-state index in [-0.39, 0.29) is 0 Å². The lowest BCUT2D eigenvalue weighted by Gasteiger charge is -2.26. The van der Waals surface area contributed by atoms with E-state index in [2.05, 4.69) is 19.2 Å². The minimum Gasteiger partial charge on any atom is -0.314 e. The number of nitrogens with one attached hydrogen (secondary N) is 1. The number of unbranched alkanes of at least 4 members (excludes halogenated alkanes) is 4. The maximum absolute atomic E-state index is 3.91. The summed E-state index contributed by atoms with van der Waals surface area (Å²) in [6.07, 6.45) is 18.6. The molecule has 1 saturated carbocycles. The van der Waals surface area contributed by atoms with Gasteiger partial charge in [-0.25, -0.2) is 0 Å². The Morgan fingerprint density at radius 2 is 1.42 bits per heavy atom. The average molecular weight is 268 g/mol. The average Bonchev–Trinajstić information content (AvgIpc) is 2.45. The lowest BCUT2D eigenvalue weighted by molar-refractivity contribution is 0.312. The van der Waals surface area contributed by atoms with Gasteiger partial charge in [-0.05, 0) is 38.1 Å². The molecule has 0 aliphatic heterocycles. The van der Waals surface area contributed by atoms with Crippen molar-refractivity contribution in [2.45, 2.75) is 103 Å². The molecule has 1 heteroatoms. The Kier molecular flexibility index (Phi) is 10.5. The molecule has 1 fully saturated rings. The Balaban J connectivity index is 2.17. The molecule has 0 unspecified atom stereocenters. The SMILES string of the molecule is CCCCCC(CCCCC)NCC1CCCCC1. The molecule has 0 saturated heterocycles. The summed E-state index contributed by atoms with van der Waals surface area (Å²) in [5.41, 5.74) is 0. The Bertz CT molecular complexity index is 174. The lowest BCUT2D eigenvalue weighted by Crippen LogP contribution is -2.34. The standard InChI is InChI=1S/C18H37N/c1-3-5-8-14-18(15-9-6-4-2)19-16-17-12-10-7-11-13-17/h17-19H,3-16H2,1-2H3. The molecule has 0 bridgehead atoms. The molecule has 0 aromatic carbocycles. The first kappa shape index (κ1) is 17.0. The van der Waals surface area contributed by atoms with Crippen molar-refractivity contribution in [2.75, 3.05) is 6.54 Å². The van der Waals surface area contributed by atoms with E-state index < -0.39 is 0 Å². The van der Waals surface area contributed by atoms with Gasteiger partial charge in [0.2, 0.25) is 0 Å². The van der Waals surface area contributed by atoms with Gasteiger partial charge in [0, 0.05) is 6.04 Å². The maximum Gasteiger partial charge on any atom is 0.00671 e. The van der Waals surface area contributed by atoms with Crippen molar-refractivity contribution in [1.29, 1.82) is 0 Å². The highest BCUT2D eigenvalue weighted by Crippen LogP contribution is 2.23. The van der Waals surface area contributed by atoms with Crippen LogP contribution in [0, 0.1) is 5.92 Å². The number of hydrogen-bond donors (Lipinski definition) is 1. The molecule has 1 aliphatic carbocycles. The van der Waals surface area contributed by atoms with Gasteiger partial charge in [-0.1, -0.05) is 71.6 Å². The molecule has 1 aliphatic rings. The van der Waals surface area contributed by atoms with E-state index in [1.54, 1.807) is 0 Å². The number of rotatable bonds is 11. The van der Waals surface area contributed by atoms with Crippen molar-refractivity contribution in [1.82, 2.24) is 5.32 Å². The molecule has 19 heavy (non-hydrogen) atoms. The summed E-state index contributed by atoms with van der Waals surface area (Å²) in [4.78, 5) is 0. The predicted molar refractivity (Wildman–Crippen MR) is 86.6 cm³/mol. The molecule has 0 aromatic heterocycles. The second kappa shape index (κ2) is 11.8. The van der Waals surface area contributed by atoms with E-state index in [1.807, 2.05) is 0 Å². The summed E-state index contributed by atoms with van der Waals surface area (Å²) < 4.78 is 0. The van der Waals surface area contributed by atoms with Gasteiger partial charge in [0.15, 0.2) is 0 Å². The van der Waals surface area contributed by atoms with Crippen LogP contribution in [0.4, 0.5) is 0 Å². The Morgan fingerprint density at radius 1 is 0.842 bits per heavy atom. The predicted octanol–water partition coefficient (Wildman–Crippen LogP) is 5.69. The van der Waals surface area contributed by atoms with Crippen LogP contribution >= 0.6 is 0 Å². The zero-order valence-corrected chi connectivity index (χ0v) is 13.6. The second-order valence-corrected chi connectivity index (χ2v) is 6.60. The summed E-state index contributed by atoms with van der Waals surface area (Å²) in [5.74, 6) is 0.980. The summed E-state index contributed by atoms with van der Waals surface area (Å²) in [6, 6.07) is 0.806. The van der Waals surface area contributed by atoms with Crippen molar-refractivity contribution >= 4 is 0 Å². The molecular weight excluding hydrogens is 230 g/mol. The Hall–Kier alpha value is -0.0400. The van der Waals surface area contributed by atoms with Crippen LogP contribution in [0.3, 0.4) is 0 Å². The van der Waals surface area contributed by atoms with Gasteiger partial charge < -0.3 is 5.32 Å². The molecule has 1 rings (SSSR count). The normalized spacial score (nSPS) is 17.2. The third-order valence-corrected chi connectivity index (χ3v) is 4.73. The topological polar surface area (TPSA) is 12.0 Å². The minimum absolute atomic E-state index is 0.806. The van der Waals surface area contributed by atoms with Crippen LogP contribution in [-0.2, 0) is 0 Å². The molecule has 0 atom stereocenters. The monoisotopic (exact) mass is 267 g/mol. The summed E-state index contributed by atoms with van der Waals surface area (Å²) in [7, 11) is 0. The van der Waals surface area contributed by atoms with Crippen LogP contribution in [-0.4, -0.2) is 12.6 Å². The van der Waals surface area contributed by atoms with Gasteiger partial charge >= 0.3 is 0 Å². The van der Waals surface area contributed by atoms with Crippen molar-refractivity contribution in [3.05, 3.63) is 0 Å². The van der Waals surface area contributed by atoms with Crippen LogP contribution in [0.2, 0.25) is 0 Å². The van der Waals surface area contributed by atoms with Gasteiger partial charge in [-0.2, -0.15) is 0 Å².